The van der Waals surface area contributed by atoms with E-state index in [1.54, 1.807) is 6.07 Å². The molecule has 2 atom stereocenters. The Balaban J connectivity index is 1.96. The smallest absolute Gasteiger partial charge is 0.352 e. The highest BCUT2D eigenvalue weighted by molar-refractivity contribution is 14.1. The lowest BCUT2D eigenvalue weighted by Crippen LogP contribution is -2.28. The molecule has 3 heterocycles. The Bertz CT molecular complexity index is 457. The highest BCUT2D eigenvalue weighted by Gasteiger charge is 2.39. The largest absolute Gasteiger partial charge is 0.477 e. The average molecular weight is 346 g/mol. The van der Waals surface area contributed by atoms with Crippen LogP contribution in [-0.2, 0) is 0 Å². The van der Waals surface area contributed by atoms with Crippen molar-refractivity contribution in [3.05, 3.63) is 21.5 Å². The van der Waals surface area contributed by atoms with Gasteiger partial charge < -0.3 is 9.67 Å². The Labute approximate surface area is 114 Å². The zero-order chi connectivity index (χ0) is 12.0. The summed E-state index contributed by atoms with van der Waals surface area (Å²) in [6.45, 7) is 2.30. The highest BCUT2D eigenvalue weighted by atomic mass is 127. The number of fused-ring (bicyclic) bond motifs is 1. The van der Waals surface area contributed by atoms with Gasteiger partial charge in [-0.25, -0.2) is 4.79 Å². The van der Waals surface area contributed by atoms with Crippen LogP contribution in [0.1, 0.15) is 35.8 Å². The second-order valence-corrected chi connectivity index (χ2v) is 6.10. The standard InChI is InChI=1S/C12H15IN2O2/c13-8-6-11(12(16)17)15(7-8)10-3-5-14-4-1-2-9(10)14/h6-7,9-10H,1-5H2,(H,16,17). The van der Waals surface area contributed by atoms with Crippen molar-refractivity contribution < 1.29 is 9.90 Å². The van der Waals surface area contributed by atoms with Crippen molar-refractivity contribution in [2.75, 3.05) is 13.1 Å². The number of carbonyl (C=O) groups is 1. The average Bonchev–Trinajstić information content (AvgIpc) is 2.89. The summed E-state index contributed by atoms with van der Waals surface area (Å²) in [5.41, 5.74) is 0.438. The second kappa shape index (κ2) is 4.28. The van der Waals surface area contributed by atoms with E-state index in [2.05, 4.69) is 27.5 Å². The van der Waals surface area contributed by atoms with Gasteiger partial charge in [0.25, 0.3) is 0 Å². The number of carboxylic acid groups (broad SMARTS) is 1. The lowest BCUT2D eigenvalue weighted by molar-refractivity contribution is 0.0681. The Kier molecular flexibility index (Phi) is 2.90. The molecule has 0 spiro atoms. The normalized spacial score (nSPS) is 28.5. The number of carboxylic acids is 1. The maximum atomic E-state index is 11.2. The number of rotatable bonds is 2. The Morgan fingerprint density at radius 2 is 2.18 bits per heavy atom. The Morgan fingerprint density at radius 1 is 1.35 bits per heavy atom. The summed E-state index contributed by atoms with van der Waals surface area (Å²) < 4.78 is 3.00. The predicted molar refractivity (Wildman–Crippen MR) is 72.4 cm³/mol. The third-order valence-electron chi connectivity index (χ3n) is 3.96. The predicted octanol–water partition coefficient (Wildman–Crippen LogP) is 2.20. The van der Waals surface area contributed by atoms with Gasteiger partial charge in [0.1, 0.15) is 5.69 Å². The molecule has 2 fully saturated rings. The lowest BCUT2D eigenvalue weighted by atomic mass is 10.1. The fourth-order valence-corrected chi connectivity index (χ4v) is 3.87. The maximum Gasteiger partial charge on any atom is 0.352 e. The van der Waals surface area contributed by atoms with Gasteiger partial charge in [0.05, 0.1) is 6.04 Å². The van der Waals surface area contributed by atoms with Crippen LogP contribution in [0.4, 0.5) is 0 Å². The molecule has 0 radical (unpaired) electrons. The minimum atomic E-state index is -0.815. The van der Waals surface area contributed by atoms with Crippen molar-refractivity contribution in [1.82, 2.24) is 9.47 Å². The quantitative estimate of drug-likeness (QED) is 0.836. The van der Waals surface area contributed by atoms with Gasteiger partial charge in [-0.05, 0) is 54.5 Å². The van der Waals surface area contributed by atoms with Crippen LogP contribution in [0.3, 0.4) is 0 Å². The minimum Gasteiger partial charge on any atom is -0.477 e. The number of aromatic carboxylic acids is 1. The van der Waals surface area contributed by atoms with Crippen molar-refractivity contribution in [3.8, 4) is 0 Å². The van der Waals surface area contributed by atoms with Gasteiger partial charge >= 0.3 is 5.97 Å². The summed E-state index contributed by atoms with van der Waals surface area (Å²) in [4.78, 5) is 13.7. The number of aromatic nitrogens is 1. The molecule has 92 valence electrons. The third-order valence-corrected chi connectivity index (χ3v) is 4.55. The van der Waals surface area contributed by atoms with Crippen LogP contribution < -0.4 is 0 Å². The first-order chi connectivity index (χ1) is 8.16. The number of nitrogens with zero attached hydrogens (tertiary/aromatic N) is 2. The molecule has 1 N–H and O–H groups in total. The van der Waals surface area contributed by atoms with Gasteiger partial charge in [-0.15, -0.1) is 0 Å². The Morgan fingerprint density at radius 3 is 2.94 bits per heavy atom. The molecular weight excluding hydrogens is 331 g/mol. The van der Waals surface area contributed by atoms with Crippen LogP contribution in [0.25, 0.3) is 0 Å². The van der Waals surface area contributed by atoms with E-state index in [0.29, 0.717) is 17.8 Å². The topological polar surface area (TPSA) is 45.5 Å². The first kappa shape index (κ1) is 11.5. The molecule has 3 rings (SSSR count). The Hall–Kier alpha value is -0.560. The summed E-state index contributed by atoms with van der Waals surface area (Å²) >= 11 is 2.19. The molecular formula is C12H15IN2O2. The van der Waals surface area contributed by atoms with E-state index in [1.807, 2.05) is 10.8 Å². The van der Waals surface area contributed by atoms with Crippen LogP contribution >= 0.6 is 22.6 Å². The number of halogens is 1. The van der Waals surface area contributed by atoms with Crippen LogP contribution in [-0.4, -0.2) is 39.7 Å². The van der Waals surface area contributed by atoms with Crippen LogP contribution in [0, 0.1) is 3.57 Å². The molecule has 4 nitrogen and oxygen atoms in total. The van der Waals surface area contributed by atoms with Gasteiger partial charge in [0, 0.05) is 22.4 Å². The molecule has 5 heteroatoms. The monoisotopic (exact) mass is 346 g/mol. The summed E-state index contributed by atoms with van der Waals surface area (Å²) in [5, 5.41) is 9.24. The van der Waals surface area contributed by atoms with Crippen molar-refractivity contribution in [2.45, 2.75) is 31.3 Å². The molecule has 2 saturated heterocycles. The first-order valence-corrected chi connectivity index (χ1v) is 7.09. The summed E-state index contributed by atoms with van der Waals surface area (Å²) in [6.07, 6.45) is 5.52. The molecule has 0 saturated carbocycles. The van der Waals surface area contributed by atoms with Crippen molar-refractivity contribution in [3.63, 3.8) is 0 Å². The number of hydrogen-bond acceptors (Lipinski definition) is 2. The zero-order valence-electron chi connectivity index (χ0n) is 9.47. The van der Waals surface area contributed by atoms with Crippen molar-refractivity contribution >= 4 is 28.6 Å². The van der Waals surface area contributed by atoms with Gasteiger partial charge in [-0.1, -0.05) is 0 Å². The highest BCUT2D eigenvalue weighted by Crippen LogP contribution is 2.37. The third kappa shape index (κ3) is 1.89. The molecule has 2 aliphatic heterocycles. The second-order valence-electron chi connectivity index (χ2n) is 4.86. The van der Waals surface area contributed by atoms with Gasteiger partial charge in [0.2, 0.25) is 0 Å². The first-order valence-electron chi connectivity index (χ1n) is 6.01. The van der Waals surface area contributed by atoms with Crippen molar-refractivity contribution in [2.24, 2.45) is 0 Å². The summed E-state index contributed by atoms with van der Waals surface area (Å²) in [7, 11) is 0. The fourth-order valence-electron chi connectivity index (χ4n) is 3.27. The number of hydrogen-bond donors (Lipinski definition) is 1. The molecule has 2 aliphatic rings. The van der Waals surface area contributed by atoms with E-state index >= 15 is 0 Å². The van der Waals surface area contributed by atoms with E-state index in [1.165, 1.54) is 19.4 Å². The van der Waals surface area contributed by atoms with E-state index in [4.69, 9.17) is 0 Å². The molecule has 1 aromatic heterocycles. The summed E-state index contributed by atoms with van der Waals surface area (Å²) in [5.74, 6) is -0.815. The molecule has 17 heavy (non-hydrogen) atoms. The van der Waals surface area contributed by atoms with Gasteiger partial charge in [-0.3, -0.25) is 4.90 Å². The molecule has 0 aliphatic carbocycles. The van der Waals surface area contributed by atoms with Gasteiger partial charge in [0.15, 0.2) is 0 Å². The SMILES string of the molecule is O=C(O)c1cc(I)cn1C1CCN2CCCC12. The minimum absolute atomic E-state index is 0.354. The molecule has 0 aromatic carbocycles. The molecule has 0 bridgehead atoms. The van der Waals surface area contributed by atoms with Crippen LogP contribution in [0.15, 0.2) is 12.3 Å². The van der Waals surface area contributed by atoms with Crippen LogP contribution in [0.5, 0.6) is 0 Å². The maximum absolute atomic E-state index is 11.2. The zero-order valence-corrected chi connectivity index (χ0v) is 11.6. The van der Waals surface area contributed by atoms with E-state index in [0.717, 1.165) is 16.5 Å². The van der Waals surface area contributed by atoms with E-state index < -0.39 is 5.97 Å². The van der Waals surface area contributed by atoms with Crippen molar-refractivity contribution in [1.29, 1.82) is 0 Å². The molecule has 2 unspecified atom stereocenters. The fraction of sp³-hybridized carbons (Fsp3) is 0.583. The van der Waals surface area contributed by atoms with Gasteiger partial charge in [-0.2, -0.15) is 0 Å². The summed E-state index contributed by atoms with van der Waals surface area (Å²) in [6, 6.07) is 2.67. The molecule has 0 amide bonds. The van der Waals surface area contributed by atoms with Crippen LogP contribution in [0.2, 0.25) is 0 Å². The van der Waals surface area contributed by atoms with E-state index in [-0.39, 0.29) is 0 Å². The van der Waals surface area contributed by atoms with E-state index in [9.17, 15) is 9.90 Å². The lowest BCUT2D eigenvalue weighted by Gasteiger charge is -2.22. The molecule has 1 aromatic rings.